The summed E-state index contributed by atoms with van der Waals surface area (Å²) in [5, 5.41) is 30.5. The van der Waals surface area contributed by atoms with Crippen LogP contribution in [0.15, 0.2) is 0 Å². The molecule has 0 saturated carbocycles. The molecule has 0 aromatic heterocycles. The zero-order valence-corrected chi connectivity index (χ0v) is 8.80. The molecule has 0 rings (SSSR count). The summed E-state index contributed by atoms with van der Waals surface area (Å²) in [5.41, 5.74) is 0. The summed E-state index contributed by atoms with van der Waals surface area (Å²) >= 11 is 0. The first-order valence-electron chi connectivity index (χ1n) is 2.61. The molecule has 0 unspecified atom stereocenters. The van der Waals surface area contributed by atoms with E-state index in [1.165, 1.54) is 0 Å². The quantitative estimate of drug-likeness (QED) is 0.278. The van der Waals surface area contributed by atoms with Gasteiger partial charge in [0.2, 0.25) is 0 Å². The number of carboxylic acid groups (broad SMARTS) is 2. The molecule has 0 spiro atoms. The Hall–Kier alpha value is -0.860. The number of nitrogens with zero attached hydrogens (tertiary/aromatic N) is 1. The van der Waals surface area contributed by atoms with Crippen molar-refractivity contribution < 1.29 is 54.4 Å². The Bertz CT molecular complexity index is 163. The molecule has 0 aliphatic carbocycles. The van der Waals surface area contributed by atoms with Gasteiger partial charge in [-0.25, -0.2) is 0 Å². The molecule has 70 valence electrons. The van der Waals surface area contributed by atoms with Crippen molar-refractivity contribution >= 4 is 11.9 Å². The fourth-order valence-electron chi connectivity index (χ4n) is 0.214. The fourth-order valence-corrected chi connectivity index (χ4v) is 0.214. The van der Waals surface area contributed by atoms with Crippen LogP contribution >= 0.6 is 0 Å². The van der Waals surface area contributed by atoms with E-state index in [1.54, 1.807) is 0 Å². The first kappa shape index (κ1) is 18.0. The van der Waals surface area contributed by atoms with Crippen molar-refractivity contribution in [3.63, 3.8) is 0 Å². The monoisotopic (exact) mass is 203 g/mol. The summed E-state index contributed by atoms with van der Waals surface area (Å²) in [6.07, 6.45) is -0.593. The zero-order chi connectivity index (χ0) is 10.1. The van der Waals surface area contributed by atoms with Gasteiger partial charge in [-0.05, 0) is 0 Å². The van der Waals surface area contributed by atoms with Gasteiger partial charge < -0.3 is 25.5 Å². The Morgan fingerprint density at radius 1 is 1.08 bits per heavy atom. The molecule has 0 aromatic carbocycles. The Balaban J connectivity index is -0.000000173. The summed E-state index contributed by atoms with van der Waals surface area (Å²) < 4.78 is 0. The topological polar surface area (TPSA) is 141 Å². The molecule has 0 saturated heterocycles. The summed E-state index contributed by atoms with van der Waals surface area (Å²) in [7, 11) is 0. The van der Waals surface area contributed by atoms with Crippen molar-refractivity contribution in [3.05, 3.63) is 15.3 Å². The van der Waals surface area contributed by atoms with Gasteiger partial charge in [0.1, 0.15) is 0 Å². The third kappa shape index (κ3) is 54.3. The van der Waals surface area contributed by atoms with Gasteiger partial charge in [0, 0.05) is 0 Å². The molecule has 0 aromatic rings. The molecular weight excluding hydrogens is 197 g/mol. The Labute approximate surface area is 94.6 Å². The molecule has 9 heteroatoms. The third-order valence-corrected chi connectivity index (χ3v) is 0.553. The molecule has 2 N–H and O–H groups in total. The van der Waals surface area contributed by atoms with Crippen LogP contribution in [0.2, 0.25) is 0 Å². The van der Waals surface area contributed by atoms with Crippen molar-refractivity contribution in [2.45, 2.75) is 12.8 Å². The van der Waals surface area contributed by atoms with Crippen LogP contribution < -0.4 is 29.6 Å². The summed E-state index contributed by atoms with van der Waals surface area (Å²) in [6.45, 7) is 0. The first-order valence-corrected chi connectivity index (χ1v) is 2.61. The number of hydrogen-bond acceptors (Lipinski definition) is 5. The van der Waals surface area contributed by atoms with Crippen molar-refractivity contribution in [1.29, 1.82) is 0 Å². The van der Waals surface area contributed by atoms with Gasteiger partial charge in [-0.2, -0.15) is 0 Å². The third-order valence-electron chi connectivity index (χ3n) is 0.553. The van der Waals surface area contributed by atoms with Crippen molar-refractivity contribution in [2.24, 2.45) is 0 Å². The molecule has 0 aliphatic rings. The summed E-state index contributed by atoms with van der Waals surface area (Å²) in [4.78, 5) is 27.5. The molecular formula is C4H6NNaO7. The Morgan fingerprint density at radius 3 is 1.31 bits per heavy atom. The molecule has 0 aliphatic heterocycles. The number of aliphatic carboxylic acids is 2. The normalized spacial score (nSPS) is 7.08. The van der Waals surface area contributed by atoms with Gasteiger partial charge in [0.25, 0.3) is 0 Å². The van der Waals surface area contributed by atoms with Crippen LogP contribution in [0, 0.1) is 15.3 Å². The predicted octanol–water partition coefficient (Wildman–Crippen LogP) is -3.30. The second kappa shape index (κ2) is 11.1. The van der Waals surface area contributed by atoms with E-state index < -0.39 is 17.0 Å². The molecule has 0 amide bonds. The van der Waals surface area contributed by atoms with E-state index in [4.69, 9.17) is 25.5 Å². The SMILES string of the molecule is O=C(O)CCC(=O)O.O=[N+]([O-])[O-].[Na+]. The van der Waals surface area contributed by atoms with Crippen LogP contribution in [-0.2, 0) is 9.59 Å². The molecule has 13 heavy (non-hydrogen) atoms. The Kier molecular flexibility index (Phi) is 15.5. The fraction of sp³-hybridized carbons (Fsp3) is 0.500. The van der Waals surface area contributed by atoms with Crippen LogP contribution in [0.4, 0.5) is 0 Å². The summed E-state index contributed by atoms with van der Waals surface area (Å²) in [5.74, 6) is -2.15. The Morgan fingerprint density at radius 2 is 1.23 bits per heavy atom. The van der Waals surface area contributed by atoms with Gasteiger partial charge >= 0.3 is 41.5 Å². The van der Waals surface area contributed by atoms with E-state index in [2.05, 4.69) is 0 Å². The average Bonchev–Trinajstić information content (AvgIpc) is 1.82. The molecule has 0 heterocycles. The maximum absolute atomic E-state index is 9.64. The maximum Gasteiger partial charge on any atom is 1.00 e. The van der Waals surface area contributed by atoms with Crippen molar-refractivity contribution in [2.75, 3.05) is 0 Å². The van der Waals surface area contributed by atoms with Crippen LogP contribution in [-0.4, -0.2) is 27.2 Å². The van der Waals surface area contributed by atoms with Crippen LogP contribution in [0.5, 0.6) is 0 Å². The van der Waals surface area contributed by atoms with E-state index in [0.29, 0.717) is 0 Å². The van der Waals surface area contributed by atoms with Gasteiger partial charge in [0.15, 0.2) is 0 Å². The van der Waals surface area contributed by atoms with Crippen LogP contribution in [0.3, 0.4) is 0 Å². The van der Waals surface area contributed by atoms with E-state index in [9.17, 15) is 9.59 Å². The minimum atomic E-state index is -1.75. The van der Waals surface area contributed by atoms with Crippen LogP contribution in [0.25, 0.3) is 0 Å². The van der Waals surface area contributed by atoms with Gasteiger partial charge in [0.05, 0.1) is 17.9 Å². The number of carbonyl (C=O) groups is 2. The van der Waals surface area contributed by atoms with E-state index in [0.717, 1.165) is 0 Å². The summed E-state index contributed by atoms with van der Waals surface area (Å²) in [6, 6.07) is 0. The van der Waals surface area contributed by atoms with E-state index in [-0.39, 0.29) is 42.4 Å². The van der Waals surface area contributed by atoms with Gasteiger partial charge in [-0.1, -0.05) is 0 Å². The molecule has 0 fully saturated rings. The second-order valence-electron chi connectivity index (χ2n) is 1.51. The molecule has 0 bridgehead atoms. The first-order chi connectivity index (χ1) is 5.36. The van der Waals surface area contributed by atoms with Gasteiger partial charge in [-0.15, -0.1) is 0 Å². The maximum atomic E-state index is 9.64. The molecule has 8 nitrogen and oxygen atoms in total. The van der Waals surface area contributed by atoms with E-state index >= 15 is 0 Å². The molecule has 0 radical (unpaired) electrons. The van der Waals surface area contributed by atoms with E-state index in [1.807, 2.05) is 0 Å². The number of carboxylic acids is 2. The second-order valence-corrected chi connectivity index (χ2v) is 1.51. The zero-order valence-electron chi connectivity index (χ0n) is 6.80. The molecule has 0 atom stereocenters. The van der Waals surface area contributed by atoms with Crippen LogP contribution in [0.1, 0.15) is 12.8 Å². The predicted molar refractivity (Wildman–Crippen MR) is 34.9 cm³/mol. The number of hydrogen-bond donors (Lipinski definition) is 2. The van der Waals surface area contributed by atoms with Crippen molar-refractivity contribution in [3.8, 4) is 0 Å². The number of rotatable bonds is 3. The smallest absolute Gasteiger partial charge is 0.481 e. The average molecular weight is 203 g/mol. The minimum absolute atomic E-state index is 0. The standard InChI is InChI=1S/C4H6O4.NO3.Na/c5-3(6)1-2-4(7)8;2-1(3)4;/h1-2H2,(H,5,6)(H,7,8);;/q;-1;+1. The minimum Gasteiger partial charge on any atom is -0.481 e. The largest absolute Gasteiger partial charge is 1.00 e. The van der Waals surface area contributed by atoms with Crippen molar-refractivity contribution in [1.82, 2.24) is 0 Å². The van der Waals surface area contributed by atoms with Gasteiger partial charge in [-0.3, -0.25) is 9.59 Å².